The number of aliphatic imine (C=N–C) groups is 1. The molecule has 3 aromatic rings. The number of alkyl halides is 3. The molecule has 2 N–H and O–H groups in total. The van der Waals surface area contributed by atoms with Crippen LogP contribution in [0, 0.1) is 18.2 Å². The minimum absolute atomic E-state index is 0.0249. The number of nitrogens with two attached hydrogens (primary N) is 1. The number of aromatic nitrogens is 3. The van der Waals surface area contributed by atoms with Crippen LogP contribution in [0.5, 0.6) is 0 Å². The first kappa shape index (κ1) is 22.3. The summed E-state index contributed by atoms with van der Waals surface area (Å²) in [7, 11) is 0. The fourth-order valence-electron chi connectivity index (χ4n) is 3.65. The Kier molecular flexibility index (Phi) is 5.35. The van der Waals surface area contributed by atoms with Crippen molar-refractivity contribution in [3.63, 3.8) is 0 Å². The molecule has 0 spiro atoms. The minimum Gasteiger partial charge on any atom is -0.452 e. The summed E-state index contributed by atoms with van der Waals surface area (Å²) >= 11 is 0. The third-order valence-corrected chi connectivity index (χ3v) is 5.20. The molecule has 0 fully saturated rings. The van der Waals surface area contributed by atoms with E-state index in [4.69, 9.17) is 12.3 Å². The van der Waals surface area contributed by atoms with E-state index in [0.717, 1.165) is 12.3 Å². The number of hydrogen-bond donors (Lipinski definition) is 1. The van der Waals surface area contributed by atoms with Crippen molar-refractivity contribution in [2.45, 2.75) is 37.6 Å². The Morgan fingerprint density at radius 2 is 1.97 bits per heavy atom. The quantitative estimate of drug-likeness (QED) is 0.462. The van der Waals surface area contributed by atoms with Gasteiger partial charge in [-0.25, -0.2) is 18.6 Å². The molecule has 4 rings (SSSR count). The average Bonchev–Trinajstić information content (AvgIpc) is 2.75. The van der Waals surface area contributed by atoms with Gasteiger partial charge in [0.05, 0.1) is 24.0 Å². The zero-order valence-corrected chi connectivity index (χ0v) is 17.0. The van der Waals surface area contributed by atoms with Gasteiger partial charge in [0.1, 0.15) is 22.9 Å². The number of fused-ring (bicyclic) bond motifs is 1. The Bertz CT molecular complexity index is 1320. The molecule has 7 nitrogen and oxygen atoms in total. The molecule has 0 amide bonds. The highest BCUT2D eigenvalue weighted by Crippen LogP contribution is 2.40. The molecule has 0 bridgehead atoms. The van der Waals surface area contributed by atoms with Crippen molar-refractivity contribution in [1.29, 1.82) is 0 Å². The maximum Gasteiger partial charge on any atom is 0.425 e. The van der Waals surface area contributed by atoms with Crippen LogP contribution < -0.4 is 5.73 Å². The van der Waals surface area contributed by atoms with Crippen LogP contribution in [0.25, 0.3) is 15.7 Å². The van der Waals surface area contributed by atoms with Gasteiger partial charge in [-0.3, -0.25) is 15.0 Å². The third-order valence-electron chi connectivity index (χ3n) is 5.20. The van der Waals surface area contributed by atoms with E-state index in [1.807, 2.05) is 0 Å². The van der Waals surface area contributed by atoms with Gasteiger partial charge in [-0.15, -0.1) is 0 Å². The first-order chi connectivity index (χ1) is 15.5. The monoisotopic (exact) mass is 462 g/mol. The molecule has 0 saturated heterocycles. The van der Waals surface area contributed by atoms with Crippen LogP contribution in [0.2, 0.25) is 0 Å². The number of halogens is 5. The van der Waals surface area contributed by atoms with Crippen molar-refractivity contribution in [1.82, 2.24) is 15.0 Å². The van der Waals surface area contributed by atoms with Gasteiger partial charge in [-0.2, -0.15) is 13.2 Å². The van der Waals surface area contributed by atoms with Gasteiger partial charge in [-0.05, 0) is 25.1 Å². The van der Waals surface area contributed by atoms with Gasteiger partial charge in [0.15, 0.2) is 6.10 Å². The fourth-order valence-corrected chi connectivity index (χ4v) is 3.65. The van der Waals surface area contributed by atoms with E-state index in [-0.39, 0.29) is 34.4 Å². The van der Waals surface area contributed by atoms with E-state index < -0.39 is 41.9 Å². The summed E-state index contributed by atoms with van der Waals surface area (Å²) in [5.41, 5.74) is 4.24. The maximum atomic E-state index is 14.7. The number of hydrogen-bond acceptors (Lipinski definition) is 6. The molecular formula is C21H15F5N6O. The van der Waals surface area contributed by atoms with E-state index >= 15 is 0 Å². The number of ether oxygens (including phenoxy) is 1. The minimum atomic E-state index is -4.73. The first-order valence-corrected chi connectivity index (χ1v) is 9.55. The molecule has 3 aromatic heterocycles. The lowest BCUT2D eigenvalue weighted by Crippen LogP contribution is -2.46. The second-order valence-electron chi connectivity index (χ2n) is 7.64. The third kappa shape index (κ3) is 4.26. The summed E-state index contributed by atoms with van der Waals surface area (Å²) in [5.74, 6) is -1.53. The molecule has 0 saturated carbocycles. The lowest BCUT2D eigenvalue weighted by molar-refractivity contribution is -0.208. The maximum absolute atomic E-state index is 14.7. The topological polar surface area (TPSA) is 90.6 Å². The van der Waals surface area contributed by atoms with Gasteiger partial charge in [0.25, 0.3) is 6.02 Å². The molecule has 0 aliphatic carbocycles. The van der Waals surface area contributed by atoms with E-state index in [1.165, 1.54) is 25.3 Å². The smallest absolute Gasteiger partial charge is 0.425 e. The molecule has 12 heteroatoms. The Morgan fingerprint density at radius 3 is 2.67 bits per heavy atom. The molecule has 0 aromatic carbocycles. The molecule has 2 atom stereocenters. The highest BCUT2D eigenvalue weighted by molar-refractivity contribution is 5.84. The standard InChI is InChI=1S/C21H15F5N6O/c1-20(7-16(21(24,25)26)33-19(27)32-20)18-13(22)4-3-10(31-18)6-15-17-12(14(23)9-29-15)5-11(28-2)8-30-17/h3-5,8-9,16H,6-7H2,1H3,(H2,27,32)/t16-,20-/m0/s1. The normalized spacial score (nSPS) is 20.8. The number of nitrogens with zero attached hydrogens (tertiary/aromatic N) is 5. The molecule has 33 heavy (non-hydrogen) atoms. The van der Waals surface area contributed by atoms with Gasteiger partial charge >= 0.3 is 6.18 Å². The molecule has 170 valence electrons. The highest BCUT2D eigenvalue weighted by atomic mass is 19.4. The van der Waals surface area contributed by atoms with Crippen LogP contribution in [0.1, 0.15) is 30.4 Å². The van der Waals surface area contributed by atoms with E-state index in [9.17, 15) is 22.0 Å². The predicted octanol–water partition coefficient (Wildman–Crippen LogP) is 4.33. The van der Waals surface area contributed by atoms with Crippen molar-refractivity contribution in [3.8, 4) is 0 Å². The van der Waals surface area contributed by atoms with E-state index in [1.54, 1.807) is 0 Å². The van der Waals surface area contributed by atoms with Crippen LogP contribution in [0.3, 0.4) is 0 Å². The first-order valence-electron chi connectivity index (χ1n) is 9.55. The molecule has 1 aliphatic rings. The lowest BCUT2D eigenvalue weighted by Gasteiger charge is -2.35. The summed E-state index contributed by atoms with van der Waals surface area (Å²) in [6.45, 7) is 8.34. The molecule has 0 radical (unpaired) electrons. The van der Waals surface area contributed by atoms with E-state index in [2.05, 4.69) is 29.5 Å². The predicted molar refractivity (Wildman–Crippen MR) is 107 cm³/mol. The van der Waals surface area contributed by atoms with Crippen molar-refractivity contribution in [2.24, 2.45) is 10.7 Å². The average molecular weight is 462 g/mol. The molecule has 1 aliphatic heterocycles. The second-order valence-corrected chi connectivity index (χ2v) is 7.64. The van der Waals surface area contributed by atoms with Crippen molar-refractivity contribution >= 4 is 22.6 Å². The Balaban J connectivity index is 1.74. The second kappa shape index (κ2) is 7.91. The molecule has 4 heterocycles. The zero-order valence-electron chi connectivity index (χ0n) is 17.0. The van der Waals surface area contributed by atoms with Gasteiger partial charge < -0.3 is 10.5 Å². The lowest BCUT2D eigenvalue weighted by atomic mass is 9.89. The Morgan fingerprint density at radius 1 is 1.21 bits per heavy atom. The fraction of sp³-hybridized carbons (Fsp3) is 0.286. The molecular weight excluding hydrogens is 447 g/mol. The van der Waals surface area contributed by atoms with Crippen molar-refractivity contribution in [2.75, 3.05) is 0 Å². The summed E-state index contributed by atoms with van der Waals surface area (Å²) in [5, 5.41) is 0.0811. The van der Waals surface area contributed by atoms with Gasteiger partial charge in [0.2, 0.25) is 5.69 Å². The van der Waals surface area contributed by atoms with Gasteiger partial charge in [0, 0.05) is 30.1 Å². The summed E-state index contributed by atoms with van der Waals surface area (Å²) in [4.78, 5) is 19.5. The summed E-state index contributed by atoms with van der Waals surface area (Å²) in [6.07, 6.45) is -5.51. The SMILES string of the molecule is [C-]#[N+]c1cnc2c(Cc3ccc(F)c([C@]4(C)C[C@@H](C(F)(F)F)OC(N)=N4)n3)ncc(F)c2c1. The van der Waals surface area contributed by atoms with Crippen molar-refractivity contribution < 1.29 is 26.7 Å². The van der Waals surface area contributed by atoms with Crippen LogP contribution in [0.15, 0.2) is 35.6 Å². The van der Waals surface area contributed by atoms with Crippen LogP contribution in [0.4, 0.5) is 27.6 Å². The largest absolute Gasteiger partial charge is 0.452 e. The van der Waals surface area contributed by atoms with Crippen molar-refractivity contribution in [3.05, 3.63) is 70.7 Å². The Hall–Kier alpha value is -3.88. The van der Waals surface area contributed by atoms with E-state index in [0.29, 0.717) is 5.69 Å². The number of pyridine rings is 3. The number of amidine groups is 1. The van der Waals surface area contributed by atoms with Crippen LogP contribution in [-0.4, -0.2) is 33.3 Å². The summed E-state index contributed by atoms with van der Waals surface area (Å²) in [6, 6.07) is 3.00. The summed E-state index contributed by atoms with van der Waals surface area (Å²) < 4.78 is 73.3. The van der Waals surface area contributed by atoms with Gasteiger partial charge in [-0.1, -0.05) is 0 Å². The highest BCUT2D eigenvalue weighted by Gasteiger charge is 2.50. The molecule has 0 unspecified atom stereocenters. The Labute approximate surface area is 184 Å². The van der Waals surface area contributed by atoms with Crippen LogP contribution >= 0.6 is 0 Å². The van der Waals surface area contributed by atoms with Crippen LogP contribution in [-0.2, 0) is 16.7 Å². The number of rotatable bonds is 3. The zero-order chi connectivity index (χ0) is 24.0.